The van der Waals surface area contributed by atoms with Gasteiger partial charge in [-0.05, 0) is 55.3 Å². The molecule has 2 amide bonds. The Hall–Kier alpha value is -4.40. The summed E-state index contributed by atoms with van der Waals surface area (Å²) in [4.78, 5) is 34.0. The van der Waals surface area contributed by atoms with Crippen LogP contribution in [0.2, 0.25) is 0 Å². The van der Waals surface area contributed by atoms with E-state index in [0.29, 0.717) is 17.4 Å². The van der Waals surface area contributed by atoms with Crippen LogP contribution in [-0.4, -0.2) is 45.8 Å². The van der Waals surface area contributed by atoms with Gasteiger partial charge in [0.05, 0.1) is 0 Å². The first-order chi connectivity index (χ1) is 16.9. The first-order valence-electron chi connectivity index (χ1n) is 11.3. The molecule has 1 saturated carbocycles. The Morgan fingerprint density at radius 2 is 1.66 bits per heavy atom. The van der Waals surface area contributed by atoms with Gasteiger partial charge < -0.3 is 25.4 Å². The van der Waals surface area contributed by atoms with Crippen molar-refractivity contribution in [3.8, 4) is 23.1 Å². The van der Waals surface area contributed by atoms with E-state index in [1.807, 2.05) is 30.3 Å². The number of carbonyl (C=O) groups is 2. The lowest BCUT2D eigenvalue weighted by Crippen LogP contribution is -2.65. The summed E-state index contributed by atoms with van der Waals surface area (Å²) in [7, 11) is 0. The van der Waals surface area contributed by atoms with Gasteiger partial charge in [-0.25, -0.2) is 4.98 Å². The fourth-order valence-electron chi connectivity index (χ4n) is 4.57. The first-order valence-corrected chi connectivity index (χ1v) is 11.3. The number of likely N-dealkylation sites (tertiary alicyclic amines) is 1. The molecule has 5 rings (SSSR count). The van der Waals surface area contributed by atoms with Gasteiger partial charge in [0.1, 0.15) is 22.8 Å². The van der Waals surface area contributed by atoms with Crippen LogP contribution in [0.3, 0.4) is 0 Å². The molecule has 2 aliphatic rings. The number of carbonyl (C=O) groups excluding carboxylic acids is 2. The van der Waals surface area contributed by atoms with Crippen molar-refractivity contribution in [2.24, 2.45) is 11.1 Å². The van der Waals surface area contributed by atoms with Crippen molar-refractivity contribution < 1.29 is 19.1 Å². The largest absolute Gasteiger partial charge is 0.457 e. The molecule has 35 heavy (non-hydrogen) atoms. The number of hydrogen-bond acceptors (Lipinski definition) is 7. The number of benzene rings is 2. The Kier molecular flexibility index (Phi) is 5.82. The molecule has 0 unspecified atom stereocenters. The Balaban J connectivity index is 1.22. The normalized spacial score (nSPS) is 16.1. The minimum absolute atomic E-state index is 0.0288. The lowest BCUT2D eigenvalue weighted by atomic mass is 9.60. The van der Waals surface area contributed by atoms with Gasteiger partial charge in [0, 0.05) is 30.7 Å². The van der Waals surface area contributed by atoms with Gasteiger partial charge in [-0.3, -0.25) is 9.59 Å². The second-order valence-electron chi connectivity index (χ2n) is 8.91. The van der Waals surface area contributed by atoms with Crippen LogP contribution in [0.5, 0.6) is 23.1 Å². The fourth-order valence-corrected chi connectivity index (χ4v) is 4.57. The molecule has 1 aromatic heterocycles. The van der Waals surface area contributed by atoms with E-state index in [9.17, 15) is 9.59 Å². The maximum Gasteiger partial charge on any atom is 0.255 e. The first kappa shape index (κ1) is 22.4. The fraction of sp³-hybridized carbons (Fsp3) is 0.231. The van der Waals surface area contributed by atoms with E-state index in [1.54, 1.807) is 29.2 Å². The molecule has 178 valence electrons. The second-order valence-corrected chi connectivity index (χ2v) is 8.91. The SMILES string of the molecule is C=CC(=O)N1CC2(CC(Nc3ncc(C(N)=O)c(Oc4ccc(Oc5ccccc5)cc4)n3)C2)C1. The van der Waals surface area contributed by atoms with Crippen LogP contribution in [0.1, 0.15) is 23.2 Å². The topological polar surface area (TPSA) is 120 Å². The number of ether oxygens (including phenoxy) is 2. The standard InChI is InChI=1S/C26H25N5O4/c1-2-22(32)31-15-26(16-31)12-17(13-26)29-25-28-14-21(23(27)33)24(30-25)35-20-10-8-19(9-11-20)34-18-6-4-3-5-7-18/h2-11,14,17H,1,12-13,15-16H2,(H2,27,33)(H,28,29,30). The van der Waals surface area contributed by atoms with Crippen molar-refractivity contribution in [3.63, 3.8) is 0 Å². The molecule has 0 bridgehead atoms. The van der Waals surface area contributed by atoms with E-state index in [2.05, 4.69) is 21.9 Å². The maximum atomic E-state index is 11.9. The van der Waals surface area contributed by atoms with E-state index in [4.69, 9.17) is 15.2 Å². The van der Waals surface area contributed by atoms with Crippen molar-refractivity contribution in [3.05, 3.63) is 79.0 Å². The number of aromatic nitrogens is 2. The summed E-state index contributed by atoms with van der Waals surface area (Å²) in [6, 6.07) is 16.6. The smallest absolute Gasteiger partial charge is 0.255 e. The highest BCUT2D eigenvalue weighted by Gasteiger charge is 2.53. The number of primary amides is 1. The third-order valence-corrected chi connectivity index (χ3v) is 6.27. The average molecular weight is 472 g/mol. The van der Waals surface area contributed by atoms with Gasteiger partial charge in [0.2, 0.25) is 17.7 Å². The van der Waals surface area contributed by atoms with Crippen molar-refractivity contribution >= 4 is 17.8 Å². The van der Waals surface area contributed by atoms with Gasteiger partial charge in [-0.15, -0.1) is 0 Å². The number of para-hydroxylation sites is 1. The van der Waals surface area contributed by atoms with Crippen LogP contribution >= 0.6 is 0 Å². The number of anilines is 1. The molecular formula is C26H25N5O4. The van der Waals surface area contributed by atoms with E-state index >= 15 is 0 Å². The zero-order valence-electron chi connectivity index (χ0n) is 19.0. The molecule has 3 N–H and O–H groups in total. The van der Waals surface area contributed by atoms with Gasteiger partial charge in [0.25, 0.3) is 5.91 Å². The van der Waals surface area contributed by atoms with E-state index in [1.165, 1.54) is 12.3 Å². The van der Waals surface area contributed by atoms with E-state index < -0.39 is 5.91 Å². The van der Waals surface area contributed by atoms with E-state index in [-0.39, 0.29) is 28.8 Å². The average Bonchev–Trinajstić information content (AvgIpc) is 2.81. The summed E-state index contributed by atoms with van der Waals surface area (Å²) in [5, 5.41) is 3.29. The molecule has 9 nitrogen and oxygen atoms in total. The minimum Gasteiger partial charge on any atom is -0.457 e. The third-order valence-electron chi connectivity index (χ3n) is 6.27. The summed E-state index contributed by atoms with van der Waals surface area (Å²) in [6.45, 7) is 5.03. The molecule has 9 heteroatoms. The molecule has 2 aromatic carbocycles. The van der Waals surface area contributed by atoms with Crippen LogP contribution in [-0.2, 0) is 4.79 Å². The number of amides is 2. The molecule has 3 aromatic rings. The predicted molar refractivity (Wildman–Crippen MR) is 129 cm³/mol. The van der Waals surface area contributed by atoms with Crippen molar-refractivity contribution in [2.75, 3.05) is 18.4 Å². The lowest BCUT2D eigenvalue weighted by Gasteiger charge is -2.58. The Morgan fingerprint density at radius 3 is 2.29 bits per heavy atom. The molecule has 2 heterocycles. The lowest BCUT2D eigenvalue weighted by molar-refractivity contribution is -0.144. The van der Waals surface area contributed by atoms with Gasteiger partial charge in [-0.2, -0.15) is 4.98 Å². The van der Waals surface area contributed by atoms with Gasteiger partial charge >= 0.3 is 0 Å². The van der Waals surface area contributed by atoms with Crippen LogP contribution < -0.4 is 20.5 Å². The van der Waals surface area contributed by atoms with Crippen LogP contribution in [0.25, 0.3) is 0 Å². The molecular weight excluding hydrogens is 446 g/mol. The van der Waals surface area contributed by atoms with Crippen molar-refractivity contribution in [1.82, 2.24) is 14.9 Å². The number of nitrogens with two attached hydrogens (primary N) is 1. The monoisotopic (exact) mass is 471 g/mol. The molecule has 2 fully saturated rings. The maximum absolute atomic E-state index is 11.9. The zero-order valence-corrected chi connectivity index (χ0v) is 19.0. The number of nitrogens with zero attached hydrogens (tertiary/aromatic N) is 3. The van der Waals surface area contributed by atoms with Gasteiger partial charge in [0.15, 0.2) is 0 Å². The number of nitrogens with one attached hydrogen (secondary N) is 1. The van der Waals surface area contributed by atoms with Crippen molar-refractivity contribution in [1.29, 1.82) is 0 Å². The Bertz CT molecular complexity index is 1250. The summed E-state index contributed by atoms with van der Waals surface area (Å²) in [5.74, 6) is 1.56. The highest BCUT2D eigenvalue weighted by atomic mass is 16.5. The van der Waals surface area contributed by atoms with Gasteiger partial charge in [-0.1, -0.05) is 24.8 Å². The van der Waals surface area contributed by atoms with Crippen LogP contribution in [0.4, 0.5) is 5.95 Å². The van der Waals surface area contributed by atoms with Crippen LogP contribution in [0.15, 0.2) is 73.4 Å². The summed E-state index contributed by atoms with van der Waals surface area (Å²) >= 11 is 0. The molecule has 1 aliphatic heterocycles. The second kappa shape index (κ2) is 9.09. The minimum atomic E-state index is -0.681. The molecule has 0 atom stereocenters. The highest BCUT2D eigenvalue weighted by molar-refractivity contribution is 5.95. The third kappa shape index (κ3) is 4.79. The Labute approximate surface area is 202 Å². The number of hydrogen-bond donors (Lipinski definition) is 2. The van der Waals surface area contributed by atoms with Crippen LogP contribution in [0, 0.1) is 5.41 Å². The summed E-state index contributed by atoms with van der Waals surface area (Å²) < 4.78 is 11.7. The zero-order chi connectivity index (χ0) is 24.4. The van der Waals surface area contributed by atoms with Crippen molar-refractivity contribution in [2.45, 2.75) is 18.9 Å². The predicted octanol–water partition coefficient (Wildman–Crippen LogP) is 3.75. The molecule has 0 radical (unpaired) electrons. The highest BCUT2D eigenvalue weighted by Crippen LogP contribution is 2.49. The molecule has 1 aliphatic carbocycles. The molecule has 1 saturated heterocycles. The summed E-state index contributed by atoms with van der Waals surface area (Å²) in [5.41, 5.74) is 5.74. The van der Waals surface area contributed by atoms with E-state index in [0.717, 1.165) is 31.7 Å². The quantitative estimate of drug-likeness (QED) is 0.480. The Morgan fingerprint density at radius 1 is 1.03 bits per heavy atom. The summed E-state index contributed by atoms with van der Waals surface area (Å²) in [6.07, 6.45) is 4.53. The molecule has 1 spiro atoms. The number of rotatable bonds is 8.